The number of hydrogen-bond donors (Lipinski definition) is 1. The van der Waals surface area contributed by atoms with Gasteiger partial charge in [-0.2, -0.15) is 0 Å². The van der Waals surface area contributed by atoms with Crippen molar-refractivity contribution in [2.24, 2.45) is 0 Å². The highest BCUT2D eigenvalue weighted by atomic mass is 16.5. The zero-order valence-corrected chi connectivity index (χ0v) is 5.76. The molecule has 0 spiro atoms. The Balaban J connectivity index is 2.62. The lowest BCUT2D eigenvalue weighted by molar-refractivity contribution is -0.136. The maximum Gasteiger partial charge on any atom is 0.354 e. The molecule has 0 saturated heterocycles. The molecule has 1 aliphatic rings. The minimum absolute atomic E-state index is 0.315. The summed E-state index contributed by atoms with van der Waals surface area (Å²) in [5, 5.41) is 2.87. The summed E-state index contributed by atoms with van der Waals surface area (Å²) >= 11 is 0. The van der Waals surface area contributed by atoms with Crippen LogP contribution in [0, 0.1) is 0 Å². The standard InChI is InChI=1S/C7H9NO2/c1-10-7(9)6-4-2-3-5-8-6/h2-4,8H,5H2,1H3. The second-order valence-corrected chi connectivity index (χ2v) is 1.88. The first-order valence-corrected chi connectivity index (χ1v) is 3.03. The summed E-state index contributed by atoms with van der Waals surface area (Å²) in [6.07, 6.45) is 5.44. The lowest BCUT2D eigenvalue weighted by atomic mass is 10.3. The molecular formula is C7H9NO2. The first-order chi connectivity index (χ1) is 4.84. The molecule has 1 N–H and O–H groups in total. The monoisotopic (exact) mass is 139 g/mol. The number of rotatable bonds is 1. The van der Waals surface area contributed by atoms with Crippen molar-refractivity contribution in [3.8, 4) is 0 Å². The van der Waals surface area contributed by atoms with E-state index in [-0.39, 0.29) is 5.97 Å². The molecule has 0 aromatic heterocycles. The van der Waals surface area contributed by atoms with E-state index >= 15 is 0 Å². The van der Waals surface area contributed by atoms with E-state index in [1.54, 1.807) is 6.08 Å². The third kappa shape index (κ3) is 1.37. The molecule has 0 unspecified atom stereocenters. The van der Waals surface area contributed by atoms with Gasteiger partial charge in [-0.25, -0.2) is 4.79 Å². The van der Waals surface area contributed by atoms with Gasteiger partial charge in [-0.1, -0.05) is 12.2 Å². The molecule has 3 heteroatoms. The molecule has 0 aliphatic carbocycles. The number of ether oxygens (including phenoxy) is 1. The Bertz CT molecular complexity index is 194. The molecule has 0 fully saturated rings. The van der Waals surface area contributed by atoms with Crippen molar-refractivity contribution in [2.45, 2.75) is 0 Å². The van der Waals surface area contributed by atoms with Crippen LogP contribution in [0.2, 0.25) is 0 Å². The summed E-state index contributed by atoms with van der Waals surface area (Å²) in [6.45, 7) is 0.695. The predicted octanol–water partition coefficient (Wildman–Crippen LogP) is 0.203. The van der Waals surface area contributed by atoms with E-state index in [1.807, 2.05) is 12.2 Å². The number of carbonyl (C=O) groups is 1. The van der Waals surface area contributed by atoms with E-state index in [4.69, 9.17) is 0 Å². The average Bonchev–Trinajstić information content (AvgIpc) is 2.05. The van der Waals surface area contributed by atoms with Gasteiger partial charge in [0.2, 0.25) is 0 Å². The largest absolute Gasteiger partial charge is 0.464 e. The summed E-state index contributed by atoms with van der Waals surface area (Å²) in [5.41, 5.74) is 0.519. The molecule has 0 radical (unpaired) electrons. The summed E-state index contributed by atoms with van der Waals surface area (Å²) in [4.78, 5) is 10.8. The Labute approximate surface area is 59.4 Å². The molecule has 0 saturated carbocycles. The Kier molecular flexibility index (Phi) is 2.10. The van der Waals surface area contributed by atoms with Crippen molar-refractivity contribution in [2.75, 3.05) is 13.7 Å². The fourth-order valence-corrected chi connectivity index (χ4v) is 0.710. The molecule has 0 atom stereocenters. The minimum atomic E-state index is -0.315. The molecule has 0 bridgehead atoms. The van der Waals surface area contributed by atoms with Gasteiger partial charge in [-0.3, -0.25) is 0 Å². The zero-order chi connectivity index (χ0) is 7.40. The number of allylic oxidation sites excluding steroid dienone is 2. The van der Waals surface area contributed by atoms with Crippen LogP contribution in [0.4, 0.5) is 0 Å². The van der Waals surface area contributed by atoms with E-state index < -0.39 is 0 Å². The van der Waals surface area contributed by atoms with Crippen LogP contribution >= 0.6 is 0 Å². The molecule has 0 amide bonds. The molecule has 3 nitrogen and oxygen atoms in total. The Morgan fingerprint density at radius 3 is 3.10 bits per heavy atom. The summed E-state index contributed by atoms with van der Waals surface area (Å²) < 4.78 is 4.49. The van der Waals surface area contributed by atoms with Crippen LogP contribution in [0.1, 0.15) is 0 Å². The van der Waals surface area contributed by atoms with E-state index in [2.05, 4.69) is 10.1 Å². The Morgan fingerprint density at radius 2 is 2.60 bits per heavy atom. The van der Waals surface area contributed by atoms with Crippen LogP contribution in [0.25, 0.3) is 0 Å². The highest BCUT2D eigenvalue weighted by Crippen LogP contribution is 1.97. The summed E-state index contributed by atoms with van der Waals surface area (Å²) in [5.74, 6) is -0.315. The van der Waals surface area contributed by atoms with Gasteiger partial charge in [-0.05, 0) is 6.08 Å². The van der Waals surface area contributed by atoms with Crippen molar-refractivity contribution in [1.82, 2.24) is 5.32 Å². The van der Waals surface area contributed by atoms with Gasteiger partial charge in [0.25, 0.3) is 0 Å². The SMILES string of the molecule is COC(=O)C1=CC=CCN1. The molecule has 1 heterocycles. The lowest BCUT2D eigenvalue weighted by Gasteiger charge is -2.08. The van der Waals surface area contributed by atoms with E-state index in [0.717, 1.165) is 0 Å². The normalized spacial score (nSPS) is 15.5. The quantitative estimate of drug-likeness (QED) is 0.527. The number of esters is 1. The smallest absolute Gasteiger partial charge is 0.354 e. The van der Waals surface area contributed by atoms with E-state index in [0.29, 0.717) is 12.2 Å². The van der Waals surface area contributed by atoms with E-state index in [9.17, 15) is 4.79 Å². The number of carbonyl (C=O) groups excluding carboxylic acids is 1. The van der Waals surface area contributed by atoms with Gasteiger partial charge in [-0.15, -0.1) is 0 Å². The number of nitrogens with one attached hydrogen (secondary N) is 1. The maximum absolute atomic E-state index is 10.8. The molecular weight excluding hydrogens is 130 g/mol. The first-order valence-electron chi connectivity index (χ1n) is 3.03. The molecule has 1 aliphatic heterocycles. The Morgan fingerprint density at radius 1 is 1.80 bits per heavy atom. The minimum Gasteiger partial charge on any atom is -0.464 e. The van der Waals surface area contributed by atoms with Crippen LogP contribution in [0.15, 0.2) is 23.9 Å². The molecule has 0 aromatic rings. The second-order valence-electron chi connectivity index (χ2n) is 1.88. The van der Waals surface area contributed by atoms with Crippen molar-refractivity contribution >= 4 is 5.97 Å². The zero-order valence-electron chi connectivity index (χ0n) is 5.76. The van der Waals surface area contributed by atoms with Crippen molar-refractivity contribution in [1.29, 1.82) is 0 Å². The van der Waals surface area contributed by atoms with Crippen LogP contribution in [0.3, 0.4) is 0 Å². The first kappa shape index (κ1) is 6.86. The number of dihydropyridines is 1. The van der Waals surface area contributed by atoms with Crippen LogP contribution in [-0.4, -0.2) is 19.6 Å². The summed E-state index contributed by atoms with van der Waals surface area (Å²) in [6, 6.07) is 0. The number of methoxy groups -OCH3 is 1. The Hall–Kier alpha value is -1.25. The number of hydrogen-bond acceptors (Lipinski definition) is 3. The third-order valence-corrected chi connectivity index (χ3v) is 1.21. The molecule has 10 heavy (non-hydrogen) atoms. The lowest BCUT2D eigenvalue weighted by Crippen LogP contribution is -2.23. The summed E-state index contributed by atoms with van der Waals surface area (Å²) in [7, 11) is 1.36. The van der Waals surface area contributed by atoms with Gasteiger partial charge in [0.15, 0.2) is 0 Å². The maximum atomic E-state index is 10.8. The van der Waals surface area contributed by atoms with Crippen molar-refractivity contribution in [3.05, 3.63) is 23.9 Å². The van der Waals surface area contributed by atoms with Gasteiger partial charge in [0, 0.05) is 6.54 Å². The van der Waals surface area contributed by atoms with Crippen molar-refractivity contribution < 1.29 is 9.53 Å². The second kappa shape index (κ2) is 3.06. The highest BCUT2D eigenvalue weighted by molar-refractivity contribution is 5.88. The van der Waals surface area contributed by atoms with Gasteiger partial charge >= 0.3 is 5.97 Å². The van der Waals surface area contributed by atoms with E-state index in [1.165, 1.54) is 7.11 Å². The molecule has 1 rings (SSSR count). The van der Waals surface area contributed by atoms with Crippen LogP contribution in [0.5, 0.6) is 0 Å². The average molecular weight is 139 g/mol. The van der Waals surface area contributed by atoms with Crippen LogP contribution in [-0.2, 0) is 9.53 Å². The van der Waals surface area contributed by atoms with Gasteiger partial charge in [0.05, 0.1) is 7.11 Å². The fraction of sp³-hybridized carbons (Fsp3) is 0.286. The topological polar surface area (TPSA) is 38.3 Å². The third-order valence-electron chi connectivity index (χ3n) is 1.21. The van der Waals surface area contributed by atoms with Gasteiger partial charge in [0.1, 0.15) is 5.70 Å². The predicted molar refractivity (Wildman–Crippen MR) is 37.2 cm³/mol. The highest BCUT2D eigenvalue weighted by Gasteiger charge is 2.07. The van der Waals surface area contributed by atoms with Gasteiger partial charge < -0.3 is 10.1 Å². The molecule has 54 valence electrons. The van der Waals surface area contributed by atoms with Crippen LogP contribution < -0.4 is 5.32 Å². The molecule has 0 aromatic carbocycles. The van der Waals surface area contributed by atoms with Crippen molar-refractivity contribution in [3.63, 3.8) is 0 Å². The fourth-order valence-electron chi connectivity index (χ4n) is 0.710.